The van der Waals surface area contributed by atoms with Crippen LogP contribution in [0.15, 0.2) is 30.5 Å². The molecule has 0 bridgehead atoms. The van der Waals surface area contributed by atoms with E-state index in [-0.39, 0.29) is 36.3 Å². The quantitative estimate of drug-likeness (QED) is 0.359. The highest BCUT2D eigenvalue weighted by Crippen LogP contribution is 2.28. The summed E-state index contributed by atoms with van der Waals surface area (Å²) in [5.41, 5.74) is 0.874. The molecule has 1 aromatic carbocycles. The molecule has 12 heteroatoms. The summed E-state index contributed by atoms with van der Waals surface area (Å²) in [4.78, 5) is 56.3. The minimum atomic E-state index is -0.832. The largest absolute Gasteiger partial charge is 0.344 e. The average Bonchev–Trinajstić information content (AvgIpc) is 3.41. The van der Waals surface area contributed by atoms with Crippen LogP contribution in [0.5, 0.6) is 0 Å². The highest BCUT2D eigenvalue weighted by atomic mass is 19.1. The number of amides is 4. The van der Waals surface area contributed by atoms with Gasteiger partial charge in [0.25, 0.3) is 5.91 Å². The monoisotopic (exact) mass is 611 g/mol. The Morgan fingerprint density at radius 1 is 0.977 bits per heavy atom. The number of halogens is 1. The molecule has 1 aliphatic heterocycles. The number of aromatic nitrogens is 2. The first-order chi connectivity index (χ1) is 21.2. The average molecular weight is 612 g/mol. The van der Waals surface area contributed by atoms with Gasteiger partial charge in [0.15, 0.2) is 0 Å². The lowest BCUT2D eigenvalue weighted by molar-refractivity contribution is -0.136. The summed E-state index contributed by atoms with van der Waals surface area (Å²) in [5, 5.41) is 12.6. The van der Waals surface area contributed by atoms with Crippen molar-refractivity contribution in [1.29, 1.82) is 0 Å². The van der Waals surface area contributed by atoms with Crippen molar-refractivity contribution >= 4 is 29.3 Å². The Hall–Kier alpha value is -3.80. The second-order valence-corrected chi connectivity index (χ2v) is 11.8. The second kappa shape index (κ2) is 15.8. The van der Waals surface area contributed by atoms with Crippen LogP contribution in [-0.2, 0) is 27.3 Å². The van der Waals surface area contributed by atoms with Gasteiger partial charge in [-0.1, -0.05) is 32.3 Å². The number of carbonyl (C=O) groups excluding carboxylic acids is 4. The van der Waals surface area contributed by atoms with E-state index < -0.39 is 29.7 Å². The zero-order chi connectivity index (χ0) is 31.6. The van der Waals surface area contributed by atoms with E-state index in [2.05, 4.69) is 25.9 Å². The molecule has 1 saturated carbocycles. The first-order valence-electron chi connectivity index (χ1n) is 15.9. The highest BCUT2D eigenvalue weighted by Gasteiger charge is 2.33. The standard InChI is InChI=1S/C32H46FN7O4/c1-4-28(41)35-26(32(44)39-17-9-16-38(3)18-19-39)21-22-12-13-25(24(33)20-22)36-31(43)29(23-10-7-6-8-11-23)37-30(42)27-14-15-34-40(27)5-2/h12-15,20,23,26,29H,4-11,16-19,21H2,1-3H3,(H,35,41)(H,36,43)(H,37,42)/t26-,29+/m1/s1. The van der Waals surface area contributed by atoms with Gasteiger partial charge in [0.2, 0.25) is 17.7 Å². The van der Waals surface area contributed by atoms with Gasteiger partial charge in [0.05, 0.1) is 5.69 Å². The molecule has 3 N–H and O–H groups in total. The van der Waals surface area contributed by atoms with Crippen LogP contribution in [0.25, 0.3) is 0 Å². The number of anilines is 1. The molecular formula is C32H46FN7O4. The fourth-order valence-electron chi connectivity index (χ4n) is 6.07. The fraction of sp³-hybridized carbons (Fsp3) is 0.594. The molecule has 4 rings (SSSR count). The van der Waals surface area contributed by atoms with Crippen molar-refractivity contribution in [1.82, 2.24) is 30.2 Å². The van der Waals surface area contributed by atoms with Crippen LogP contribution in [0, 0.1) is 11.7 Å². The summed E-state index contributed by atoms with van der Waals surface area (Å²) < 4.78 is 17.0. The molecule has 4 amide bonds. The Morgan fingerprint density at radius 3 is 2.45 bits per heavy atom. The molecule has 240 valence electrons. The molecule has 1 saturated heterocycles. The number of aryl methyl sites for hydroxylation is 1. The Kier molecular flexibility index (Phi) is 11.9. The van der Waals surface area contributed by atoms with Crippen LogP contribution in [0.1, 0.15) is 74.8 Å². The van der Waals surface area contributed by atoms with Crippen LogP contribution in [-0.4, -0.2) is 88.5 Å². The lowest BCUT2D eigenvalue weighted by atomic mass is 9.83. The van der Waals surface area contributed by atoms with E-state index in [4.69, 9.17) is 0 Å². The molecule has 2 aliphatic rings. The van der Waals surface area contributed by atoms with E-state index in [1.165, 1.54) is 12.1 Å². The highest BCUT2D eigenvalue weighted by molar-refractivity contribution is 6.00. The maximum atomic E-state index is 15.4. The second-order valence-electron chi connectivity index (χ2n) is 11.8. The van der Waals surface area contributed by atoms with Gasteiger partial charge in [0.1, 0.15) is 23.6 Å². The number of likely N-dealkylation sites (N-methyl/N-ethyl adjacent to an activating group) is 1. The van der Waals surface area contributed by atoms with Crippen molar-refractivity contribution in [3.63, 3.8) is 0 Å². The topological polar surface area (TPSA) is 129 Å². The third-order valence-electron chi connectivity index (χ3n) is 8.66. The molecule has 1 aromatic heterocycles. The number of hydrogen-bond acceptors (Lipinski definition) is 6. The van der Waals surface area contributed by atoms with E-state index in [1.54, 1.807) is 34.8 Å². The van der Waals surface area contributed by atoms with Crippen LogP contribution in [0.3, 0.4) is 0 Å². The molecule has 2 aromatic rings. The minimum absolute atomic E-state index is 0.0107. The molecule has 0 spiro atoms. The third kappa shape index (κ3) is 8.64. The molecule has 44 heavy (non-hydrogen) atoms. The maximum Gasteiger partial charge on any atom is 0.270 e. The number of nitrogens with zero attached hydrogens (tertiary/aromatic N) is 4. The number of carbonyl (C=O) groups is 4. The molecule has 2 atom stereocenters. The summed E-state index contributed by atoms with van der Waals surface area (Å²) >= 11 is 0. The summed E-state index contributed by atoms with van der Waals surface area (Å²) in [5.74, 6) is -2.03. The molecule has 1 aliphatic carbocycles. The van der Waals surface area contributed by atoms with E-state index in [0.717, 1.165) is 51.6 Å². The molecule has 11 nitrogen and oxygen atoms in total. The van der Waals surface area contributed by atoms with E-state index >= 15 is 4.39 Å². The number of hydrogen-bond donors (Lipinski definition) is 3. The van der Waals surface area contributed by atoms with Gasteiger partial charge < -0.3 is 25.8 Å². The smallest absolute Gasteiger partial charge is 0.270 e. The molecule has 0 unspecified atom stereocenters. The van der Waals surface area contributed by atoms with Crippen LogP contribution >= 0.6 is 0 Å². The zero-order valence-electron chi connectivity index (χ0n) is 26.1. The maximum absolute atomic E-state index is 15.4. The van der Waals surface area contributed by atoms with Crippen molar-refractivity contribution in [3.8, 4) is 0 Å². The lowest BCUT2D eigenvalue weighted by Crippen LogP contribution is -2.50. The summed E-state index contributed by atoms with van der Waals surface area (Å²) in [6.07, 6.45) is 7.31. The van der Waals surface area contributed by atoms with Gasteiger partial charge in [-0.25, -0.2) is 4.39 Å². The summed E-state index contributed by atoms with van der Waals surface area (Å²) in [7, 11) is 2.01. The van der Waals surface area contributed by atoms with Crippen molar-refractivity contribution in [2.45, 2.75) is 83.8 Å². The number of nitrogens with one attached hydrogen (secondary N) is 3. The van der Waals surface area contributed by atoms with Crippen molar-refractivity contribution in [3.05, 3.63) is 47.5 Å². The van der Waals surface area contributed by atoms with E-state index in [9.17, 15) is 19.2 Å². The van der Waals surface area contributed by atoms with Crippen molar-refractivity contribution in [2.75, 3.05) is 38.5 Å². The zero-order valence-corrected chi connectivity index (χ0v) is 26.1. The van der Waals surface area contributed by atoms with Crippen LogP contribution in [0.2, 0.25) is 0 Å². The van der Waals surface area contributed by atoms with Gasteiger partial charge in [-0.2, -0.15) is 5.10 Å². The molecule has 2 heterocycles. The predicted molar refractivity (Wildman–Crippen MR) is 165 cm³/mol. The van der Waals surface area contributed by atoms with Gasteiger partial charge in [0, 0.05) is 45.2 Å². The fourth-order valence-corrected chi connectivity index (χ4v) is 6.07. The minimum Gasteiger partial charge on any atom is -0.344 e. The van der Waals surface area contributed by atoms with Gasteiger partial charge in [-0.15, -0.1) is 0 Å². The number of benzene rings is 1. The van der Waals surface area contributed by atoms with Gasteiger partial charge in [-0.05, 0) is 69.5 Å². The Morgan fingerprint density at radius 2 is 1.75 bits per heavy atom. The Bertz CT molecular complexity index is 1310. The Balaban J connectivity index is 1.48. The van der Waals surface area contributed by atoms with Gasteiger partial charge >= 0.3 is 0 Å². The summed E-state index contributed by atoms with van der Waals surface area (Å²) in [6.45, 7) is 6.91. The SMILES string of the molecule is CCC(=O)N[C@H](Cc1ccc(NC(=O)[C@@H](NC(=O)c2ccnn2CC)C2CCCCC2)c(F)c1)C(=O)N1CCCN(C)CC1. The van der Waals surface area contributed by atoms with Crippen LogP contribution in [0.4, 0.5) is 10.1 Å². The summed E-state index contributed by atoms with van der Waals surface area (Å²) in [6, 6.07) is 4.37. The third-order valence-corrected chi connectivity index (χ3v) is 8.66. The lowest BCUT2D eigenvalue weighted by Gasteiger charge is -2.30. The predicted octanol–water partition coefficient (Wildman–Crippen LogP) is 2.96. The normalized spacial score (nSPS) is 17.8. The van der Waals surface area contributed by atoms with Crippen molar-refractivity contribution in [2.24, 2.45) is 5.92 Å². The number of rotatable bonds is 11. The van der Waals surface area contributed by atoms with Gasteiger partial charge in [-0.3, -0.25) is 23.9 Å². The van der Waals surface area contributed by atoms with E-state index in [0.29, 0.717) is 30.9 Å². The molecular weight excluding hydrogens is 565 g/mol. The Labute approximate surface area is 258 Å². The van der Waals surface area contributed by atoms with Crippen LogP contribution < -0.4 is 16.0 Å². The first-order valence-corrected chi connectivity index (χ1v) is 15.9. The molecule has 0 radical (unpaired) electrons. The van der Waals surface area contributed by atoms with E-state index in [1.807, 2.05) is 14.0 Å². The first kappa shape index (κ1) is 33.1. The molecule has 2 fully saturated rings. The van der Waals surface area contributed by atoms with Crippen molar-refractivity contribution < 1.29 is 23.6 Å².